The van der Waals surface area contributed by atoms with Crippen LogP contribution in [0.4, 0.5) is 0 Å². The van der Waals surface area contributed by atoms with E-state index in [1.165, 1.54) is 17.9 Å². The fourth-order valence-corrected chi connectivity index (χ4v) is 5.75. The Morgan fingerprint density at radius 2 is 1.56 bits per heavy atom. The minimum atomic E-state index is -1.90. The maximum Gasteiger partial charge on any atom is 0.337 e. The van der Waals surface area contributed by atoms with E-state index in [2.05, 4.69) is 55.2 Å². The van der Waals surface area contributed by atoms with Crippen LogP contribution in [0.15, 0.2) is 83.6 Å². The summed E-state index contributed by atoms with van der Waals surface area (Å²) in [6, 6.07) is 20.5. The fraction of sp³-hybridized carbons (Fsp3) is 0.136. The molecule has 3 rings (SSSR count). The van der Waals surface area contributed by atoms with E-state index in [0.717, 1.165) is 11.1 Å². The van der Waals surface area contributed by atoms with Crippen LogP contribution in [0.25, 0.3) is 11.3 Å². The quantitative estimate of drug-likeness (QED) is 0.574. The van der Waals surface area contributed by atoms with Gasteiger partial charge in [0.1, 0.15) is 8.07 Å². The summed E-state index contributed by atoms with van der Waals surface area (Å²) < 4.78 is 5.04. The first kappa shape index (κ1) is 17.2. The van der Waals surface area contributed by atoms with Crippen LogP contribution in [0.3, 0.4) is 0 Å². The molecule has 0 atom stereocenters. The lowest BCUT2D eigenvalue weighted by Gasteiger charge is -2.29. The number of ether oxygens (including phenoxy) is 1. The molecule has 0 radical (unpaired) electrons. The van der Waals surface area contributed by atoms with Crippen LogP contribution < -0.4 is 0 Å². The normalized spacial score (nSPS) is 17.6. The molecular formula is C22H22O2Si. The van der Waals surface area contributed by atoms with Gasteiger partial charge in [0.2, 0.25) is 0 Å². The number of allylic oxidation sites excluding steroid dienone is 1. The predicted molar refractivity (Wildman–Crippen MR) is 106 cm³/mol. The molecule has 0 aromatic heterocycles. The minimum absolute atomic E-state index is 0.272. The molecule has 126 valence electrons. The van der Waals surface area contributed by atoms with E-state index in [4.69, 9.17) is 4.74 Å². The van der Waals surface area contributed by atoms with Gasteiger partial charge < -0.3 is 4.74 Å². The molecule has 0 fully saturated rings. The first-order chi connectivity index (χ1) is 12.0. The van der Waals surface area contributed by atoms with Gasteiger partial charge in [-0.15, -0.1) is 0 Å². The molecule has 0 N–H and O–H groups in total. The molecule has 2 nitrogen and oxygen atoms in total. The third kappa shape index (κ3) is 3.72. The highest BCUT2D eigenvalue weighted by atomic mass is 28.3. The SMILES string of the molecule is COC(=O)C1=C[Si](C)(C)C(c2ccccc2)=C/C1=C\c1ccccc1. The Labute approximate surface area is 150 Å². The number of rotatable bonds is 3. The van der Waals surface area contributed by atoms with Crippen molar-refractivity contribution in [2.24, 2.45) is 0 Å². The molecule has 0 spiro atoms. The Bertz CT molecular complexity index is 859. The number of benzene rings is 2. The van der Waals surface area contributed by atoms with E-state index in [0.29, 0.717) is 5.57 Å². The summed E-state index contributed by atoms with van der Waals surface area (Å²) in [5, 5.41) is 1.32. The Balaban J connectivity index is 2.15. The maximum absolute atomic E-state index is 12.4. The van der Waals surface area contributed by atoms with Crippen molar-refractivity contribution in [1.29, 1.82) is 0 Å². The summed E-state index contributed by atoms with van der Waals surface area (Å²) in [5.74, 6) is -0.272. The van der Waals surface area contributed by atoms with Crippen LogP contribution in [-0.4, -0.2) is 21.2 Å². The zero-order valence-corrected chi connectivity index (χ0v) is 15.8. The molecule has 25 heavy (non-hydrogen) atoms. The van der Waals surface area contributed by atoms with Gasteiger partial charge in [-0.2, -0.15) is 0 Å². The number of methoxy groups -OCH3 is 1. The van der Waals surface area contributed by atoms with Gasteiger partial charge in [0, 0.05) is 0 Å². The van der Waals surface area contributed by atoms with Crippen molar-refractivity contribution in [3.05, 3.63) is 94.7 Å². The number of esters is 1. The van der Waals surface area contributed by atoms with E-state index >= 15 is 0 Å². The zero-order valence-electron chi connectivity index (χ0n) is 14.8. The van der Waals surface area contributed by atoms with Crippen LogP contribution in [0.2, 0.25) is 13.1 Å². The van der Waals surface area contributed by atoms with Crippen molar-refractivity contribution in [1.82, 2.24) is 0 Å². The highest BCUT2D eigenvalue weighted by molar-refractivity contribution is 6.99. The summed E-state index contributed by atoms with van der Waals surface area (Å²) in [6.07, 6.45) is 4.22. The average molecular weight is 347 g/mol. The molecule has 0 bridgehead atoms. The lowest BCUT2D eigenvalue weighted by atomic mass is 10.0. The van der Waals surface area contributed by atoms with Gasteiger partial charge in [0.05, 0.1) is 12.7 Å². The van der Waals surface area contributed by atoms with E-state index in [9.17, 15) is 4.79 Å². The first-order valence-corrected chi connectivity index (χ1v) is 11.4. The van der Waals surface area contributed by atoms with Crippen LogP contribution in [0, 0.1) is 0 Å². The van der Waals surface area contributed by atoms with E-state index in [1.807, 2.05) is 36.4 Å². The Kier molecular flexibility index (Phi) is 4.86. The van der Waals surface area contributed by atoms with Gasteiger partial charge in [0.15, 0.2) is 0 Å². The molecule has 1 heterocycles. The van der Waals surface area contributed by atoms with Crippen LogP contribution in [-0.2, 0) is 9.53 Å². The smallest absolute Gasteiger partial charge is 0.337 e. The molecule has 1 aliphatic heterocycles. The average Bonchev–Trinajstić information content (AvgIpc) is 2.63. The molecule has 0 saturated carbocycles. The van der Waals surface area contributed by atoms with Crippen LogP contribution in [0.5, 0.6) is 0 Å². The predicted octanol–water partition coefficient (Wildman–Crippen LogP) is 5.05. The Hall–Kier alpha value is -2.65. The van der Waals surface area contributed by atoms with E-state index in [-0.39, 0.29) is 5.97 Å². The molecule has 0 amide bonds. The summed E-state index contributed by atoms with van der Waals surface area (Å²) in [5.41, 5.74) is 6.01. The molecule has 2 aromatic rings. The van der Waals surface area contributed by atoms with Crippen molar-refractivity contribution in [2.75, 3.05) is 7.11 Å². The number of carbonyl (C=O) groups is 1. The van der Waals surface area contributed by atoms with Crippen molar-refractivity contribution < 1.29 is 9.53 Å². The number of hydrogen-bond donors (Lipinski definition) is 0. The molecule has 0 unspecified atom stereocenters. The fourth-order valence-electron chi connectivity index (χ4n) is 3.15. The third-order valence-electron chi connectivity index (χ3n) is 4.42. The second kappa shape index (κ2) is 7.07. The lowest BCUT2D eigenvalue weighted by Crippen LogP contribution is -2.31. The molecule has 0 aliphatic carbocycles. The molecule has 1 aliphatic rings. The van der Waals surface area contributed by atoms with Gasteiger partial charge in [-0.3, -0.25) is 0 Å². The summed E-state index contributed by atoms with van der Waals surface area (Å²) >= 11 is 0. The minimum Gasteiger partial charge on any atom is -0.465 e. The van der Waals surface area contributed by atoms with Gasteiger partial charge in [-0.1, -0.05) is 85.5 Å². The topological polar surface area (TPSA) is 26.3 Å². The lowest BCUT2D eigenvalue weighted by molar-refractivity contribution is -0.135. The van der Waals surface area contributed by atoms with E-state index < -0.39 is 8.07 Å². The highest BCUT2D eigenvalue weighted by Gasteiger charge is 2.32. The largest absolute Gasteiger partial charge is 0.465 e. The van der Waals surface area contributed by atoms with Crippen molar-refractivity contribution in [3.63, 3.8) is 0 Å². The van der Waals surface area contributed by atoms with Crippen LogP contribution in [0.1, 0.15) is 11.1 Å². The number of carbonyl (C=O) groups excluding carboxylic acids is 1. The van der Waals surface area contributed by atoms with Crippen molar-refractivity contribution in [2.45, 2.75) is 13.1 Å². The Morgan fingerprint density at radius 3 is 2.16 bits per heavy atom. The van der Waals surface area contributed by atoms with Gasteiger partial charge >= 0.3 is 5.97 Å². The van der Waals surface area contributed by atoms with Gasteiger partial charge in [0.25, 0.3) is 0 Å². The first-order valence-electron chi connectivity index (χ1n) is 8.37. The van der Waals surface area contributed by atoms with Gasteiger partial charge in [-0.25, -0.2) is 4.79 Å². The zero-order chi connectivity index (χ0) is 17.9. The maximum atomic E-state index is 12.4. The van der Waals surface area contributed by atoms with Crippen LogP contribution >= 0.6 is 0 Å². The molecule has 2 aromatic carbocycles. The van der Waals surface area contributed by atoms with Crippen molar-refractivity contribution in [3.8, 4) is 0 Å². The summed E-state index contributed by atoms with van der Waals surface area (Å²) in [6.45, 7) is 4.52. The molecule has 3 heteroatoms. The van der Waals surface area contributed by atoms with Crippen molar-refractivity contribution >= 4 is 25.3 Å². The molecular weight excluding hydrogens is 324 g/mol. The Morgan fingerprint density at radius 1 is 0.960 bits per heavy atom. The second-order valence-corrected chi connectivity index (χ2v) is 11.0. The van der Waals surface area contributed by atoms with Gasteiger partial charge in [-0.05, 0) is 28.0 Å². The summed E-state index contributed by atoms with van der Waals surface area (Å²) in [7, 11) is -0.466. The molecule has 0 saturated heterocycles. The highest BCUT2D eigenvalue weighted by Crippen LogP contribution is 2.36. The monoisotopic (exact) mass is 346 g/mol. The third-order valence-corrected chi connectivity index (χ3v) is 7.25. The summed E-state index contributed by atoms with van der Waals surface area (Å²) in [4.78, 5) is 12.4. The second-order valence-electron chi connectivity index (χ2n) is 6.71. The number of hydrogen-bond acceptors (Lipinski definition) is 2. The standard InChI is InChI=1S/C22H22O2Si/c1-24-22(23)20-16-25(2,3)21(18-12-8-5-9-13-18)15-19(20)14-17-10-6-4-7-11-17/h4-16H,1-3H3/b19-14+. The van der Waals surface area contributed by atoms with E-state index in [1.54, 1.807) is 0 Å².